The van der Waals surface area contributed by atoms with Crippen LogP contribution < -0.4 is 5.32 Å². The van der Waals surface area contributed by atoms with Crippen molar-refractivity contribution in [2.75, 3.05) is 46.9 Å². The van der Waals surface area contributed by atoms with Gasteiger partial charge in [-0.1, -0.05) is 37.3 Å². The van der Waals surface area contributed by atoms with Crippen LogP contribution in [0.15, 0.2) is 35.3 Å². The third-order valence-corrected chi connectivity index (χ3v) is 4.68. The molecule has 146 valence electrons. The summed E-state index contributed by atoms with van der Waals surface area (Å²) in [7, 11) is 3.19. The Hall–Kier alpha value is -1.35. The van der Waals surface area contributed by atoms with Crippen LogP contribution in [0.5, 0.6) is 0 Å². The van der Waals surface area contributed by atoms with Crippen LogP contribution >= 0.6 is 24.0 Å². The highest BCUT2D eigenvalue weighted by atomic mass is 127. The molecule has 0 radical (unpaired) electrons. The van der Waals surface area contributed by atoms with Gasteiger partial charge in [0.05, 0.1) is 13.5 Å². The van der Waals surface area contributed by atoms with Crippen molar-refractivity contribution >= 4 is 35.9 Å². The molecule has 1 heterocycles. The van der Waals surface area contributed by atoms with Gasteiger partial charge in [0.2, 0.25) is 0 Å². The molecule has 6 nitrogen and oxygen atoms in total. The zero-order chi connectivity index (χ0) is 18.1. The molecule has 0 bridgehead atoms. The maximum absolute atomic E-state index is 11.2. The van der Waals surface area contributed by atoms with Crippen molar-refractivity contribution < 1.29 is 9.53 Å². The van der Waals surface area contributed by atoms with E-state index >= 15 is 0 Å². The molecule has 2 rings (SSSR count). The third kappa shape index (κ3) is 6.42. The number of benzene rings is 1. The lowest BCUT2D eigenvalue weighted by molar-refractivity contribution is -0.140. The fourth-order valence-electron chi connectivity index (χ4n) is 3.34. The zero-order valence-electron chi connectivity index (χ0n) is 16.0. The van der Waals surface area contributed by atoms with Gasteiger partial charge in [-0.15, -0.1) is 24.0 Å². The Labute approximate surface area is 174 Å². The number of halogens is 1. The molecule has 1 unspecified atom stereocenters. The van der Waals surface area contributed by atoms with E-state index in [2.05, 4.69) is 62.1 Å². The minimum absolute atomic E-state index is 0. The number of carbonyl (C=O) groups is 1. The smallest absolute Gasteiger partial charge is 0.307 e. The molecule has 1 saturated heterocycles. The van der Waals surface area contributed by atoms with Crippen LogP contribution in [0.25, 0.3) is 0 Å². The second-order valence-corrected chi connectivity index (χ2v) is 6.16. The fraction of sp³-hybridized carbons (Fsp3) is 0.579. The Balaban J connectivity index is 0.00000338. The number of hydrogen-bond donors (Lipinski definition) is 1. The highest BCUT2D eigenvalue weighted by Crippen LogP contribution is 2.25. The van der Waals surface area contributed by atoms with E-state index in [4.69, 9.17) is 0 Å². The molecule has 1 atom stereocenters. The molecular formula is C19H31IN4O2. The topological polar surface area (TPSA) is 57.2 Å². The molecule has 1 aromatic rings. The van der Waals surface area contributed by atoms with E-state index in [0.29, 0.717) is 19.0 Å². The molecule has 0 aliphatic carbocycles. The molecule has 1 aromatic carbocycles. The van der Waals surface area contributed by atoms with E-state index in [-0.39, 0.29) is 29.9 Å². The van der Waals surface area contributed by atoms with Gasteiger partial charge in [-0.2, -0.15) is 0 Å². The van der Waals surface area contributed by atoms with Crippen LogP contribution in [-0.4, -0.2) is 68.6 Å². The van der Waals surface area contributed by atoms with Crippen molar-refractivity contribution in [3.05, 3.63) is 35.9 Å². The summed E-state index contributed by atoms with van der Waals surface area (Å²) in [6.07, 6.45) is 1.46. The Morgan fingerprint density at radius 3 is 2.42 bits per heavy atom. The molecule has 0 amide bonds. The quantitative estimate of drug-likeness (QED) is 0.297. The van der Waals surface area contributed by atoms with Crippen LogP contribution in [-0.2, 0) is 9.53 Å². The number of methoxy groups -OCH3 is 1. The number of rotatable bonds is 6. The third-order valence-electron chi connectivity index (χ3n) is 4.68. The molecule has 1 aliphatic rings. The Morgan fingerprint density at radius 1 is 1.23 bits per heavy atom. The predicted octanol–water partition coefficient (Wildman–Crippen LogP) is 2.51. The van der Waals surface area contributed by atoms with E-state index in [0.717, 1.165) is 38.6 Å². The van der Waals surface area contributed by atoms with Crippen molar-refractivity contribution in [1.29, 1.82) is 0 Å². The van der Waals surface area contributed by atoms with Gasteiger partial charge in [0, 0.05) is 45.8 Å². The highest BCUT2D eigenvalue weighted by Gasteiger charge is 2.25. The first-order valence-corrected chi connectivity index (χ1v) is 9.01. The average Bonchev–Trinajstić information content (AvgIpc) is 2.67. The van der Waals surface area contributed by atoms with E-state index in [1.54, 1.807) is 7.05 Å². The number of esters is 1. The van der Waals surface area contributed by atoms with Crippen molar-refractivity contribution in [3.8, 4) is 0 Å². The van der Waals surface area contributed by atoms with Gasteiger partial charge in [0.25, 0.3) is 0 Å². The van der Waals surface area contributed by atoms with E-state index in [1.165, 1.54) is 12.7 Å². The lowest BCUT2D eigenvalue weighted by Crippen LogP contribution is -2.53. The molecule has 1 N–H and O–H groups in total. The number of piperazine rings is 1. The van der Waals surface area contributed by atoms with Gasteiger partial charge in [-0.25, -0.2) is 0 Å². The summed E-state index contributed by atoms with van der Waals surface area (Å²) in [6.45, 7) is 6.66. The predicted molar refractivity (Wildman–Crippen MR) is 116 cm³/mol. The zero-order valence-corrected chi connectivity index (χ0v) is 18.3. The first-order chi connectivity index (χ1) is 12.2. The molecule has 0 saturated carbocycles. The standard InChI is InChI=1S/C19H30N4O2.HI/c1-4-17(16-8-6-5-7-9-16)22-12-14-23(15-13-22)19(20-2)21-11-10-18(24)25-3;/h5-9,17H,4,10-15H2,1-3H3,(H,20,21);1H. The average molecular weight is 474 g/mol. The Kier molecular flexibility index (Phi) is 10.6. The number of hydrogen-bond acceptors (Lipinski definition) is 4. The lowest BCUT2D eigenvalue weighted by Gasteiger charge is -2.40. The van der Waals surface area contributed by atoms with E-state index < -0.39 is 0 Å². The summed E-state index contributed by atoms with van der Waals surface area (Å²) in [6, 6.07) is 11.2. The normalized spacial score (nSPS) is 16.6. The Morgan fingerprint density at radius 2 is 1.88 bits per heavy atom. The molecule has 0 aromatic heterocycles. The van der Waals surface area contributed by atoms with Crippen LogP contribution in [0.3, 0.4) is 0 Å². The SMILES string of the molecule is CCC(c1ccccc1)N1CCN(C(=NC)NCCC(=O)OC)CC1.I. The van der Waals surface area contributed by atoms with Crippen LogP contribution in [0.2, 0.25) is 0 Å². The van der Waals surface area contributed by atoms with Gasteiger partial charge in [0.1, 0.15) is 0 Å². The monoisotopic (exact) mass is 474 g/mol. The molecule has 26 heavy (non-hydrogen) atoms. The first-order valence-electron chi connectivity index (χ1n) is 9.01. The van der Waals surface area contributed by atoms with Crippen molar-refractivity contribution in [1.82, 2.24) is 15.1 Å². The molecule has 1 aliphatic heterocycles. The minimum Gasteiger partial charge on any atom is -0.469 e. The number of nitrogens with one attached hydrogen (secondary N) is 1. The number of nitrogens with zero attached hydrogens (tertiary/aromatic N) is 3. The molecule has 7 heteroatoms. The van der Waals surface area contributed by atoms with Crippen LogP contribution in [0.4, 0.5) is 0 Å². The number of guanidine groups is 1. The molecular weight excluding hydrogens is 443 g/mol. The van der Waals surface area contributed by atoms with Crippen molar-refractivity contribution in [2.24, 2.45) is 4.99 Å². The van der Waals surface area contributed by atoms with Gasteiger partial charge in [0.15, 0.2) is 5.96 Å². The summed E-state index contributed by atoms with van der Waals surface area (Å²) in [5.41, 5.74) is 1.39. The van der Waals surface area contributed by atoms with E-state index in [9.17, 15) is 4.79 Å². The summed E-state index contributed by atoms with van der Waals surface area (Å²) < 4.78 is 4.67. The summed E-state index contributed by atoms with van der Waals surface area (Å²) in [5.74, 6) is 0.651. The maximum Gasteiger partial charge on any atom is 0.307 e. The second kappa shape index (κ2) is 12.1. The summed E-state index contributed by atoms with van der Waals surface area (Å²) in [4.78, 5) is 20.4. The number of ether oxygens (including phenoxy) is 1. The lowest BCUT2D eigenvalue weighted by atomic mass is 10.0. The Bertz CT molecular complexity index is 560. The summed E-state index contributed by atoms with van der Waals surface area (Å²) >= 11 is 0. The minimum atomic E-state index is -0.207. The largest absolute Gasteiger partial charge is 0.469 e. The van der Waals surface area contributed by atoms with Gasteiger partial charge < -0.3 is 15.0 Å². The number of aliphatic imine (C=N–C) groups is 1. The maximum atomic E-state index is 11.2. The fourth-order valence-corrected chi connectivity index (χ4v) is 3.34. The highest BCUT2D eigenvalue weighted by molar-refractivity contribution is 14.0. The van der Waals surface area contributed by atoms with Gasteiger partial charge >= 0.3 is 5.97 Å². The van der Waals surface area contributed by atoms with Crippen molar-refractivity contribution in [2.45, 2.75) is 25.8 Å². The molecule has 0 spiro atoms. The summed E-state index contributed by atoms with van der Waals surface area (Å²) in [5, 5.41) is 3.25. The second-order valence-electron chi connectivity index (χ2n) is 6.16. The number of carbonyl (C=O) groups excluding carboxylic acids is 1. The molecule has 1 fully saturated rings. The van der Waals surface area contributed by atoms with Gasteiger partial charge in [-0.3, -0.25) is 14.7 Å². The first kappa shape index (κ1) is 22.7. The van der Waals surface area contributed by atoms with E-state index in [1.807, 2.05) is 0 Å². The van der Waals surface area contributed by atoms with Crippen LogP contribution in [0, 0.1) is 0 Å². The van der Waals surface area contributed by atoms with Gasteiger partial charge in [-0.05, 0) is 12.0 Å². The van der Waals surface area contributed by atoms with Crippen LogP contribution in [0.1, 0.15) is 31.4 Å². The van der Waals surface area contributed by atoms with Crippen molar-refractivity contribution in [3.63, 3.8) is 0 Å².